The number of esters is 2. The van der Waals surface area contributed by atoms with Gasteiger partial charge in [-0.1, -0.05) is 11.8 Å². The summed E-state index contributed by atoms with van der Waals surface area (Å²) in [5.41, 5.74) is 2.11. The van der Waals surface area contributed by atoms with Gasteiger partial charge in [0.1, 0.15) is 13.2 Å². The number of terminal acetylenes is 2. The van der Waals surface area contributed by atoms with Gasteiger partial charge in [0, 0.05) is 11.1 Å². The van der Waals surface area contributed by atoms with E-state index in [-0.39, 0.29) is 13.2 Å². The Bertz CT molecular complexity index is 731. The molecule has 0 fully saturated rings. The highest BCUT2D eigenvalue weighted by Crippen LogP contribution is 2.06. The van der Waals surface area contributed by atoms with E-state index in [1.807, 2.05) is 0 Å². The van der Waals surface area contributed by atoms with Crippen LogP contribution in [0.4, 0.5) is 0 Å². The van der Waals surface area contributed by atoms with Crippen LogP contribution in [0.5, 0.6) is 0 Å². The van der Waals surface area contributed by atoms with Crippen LogP contribution in [0.1, 0.15) is 31.8 Å². The Labute approximate surface area is 140 Å². The Morgan fingerprint density at radius 3 is 1.33 bits per heavy atom. The molecule has 4 nitrogen and oxygen atoms in total. The van der Waals surface area contributed by atoms with E-state index >= 15 is 0 Å². The van der Waals surface area contributed by atoms with Crippen molar-refractivity contribution < 1.29 is 19.1 Å². The average Bonchev–Trinajstić information content (AvgIpc) is 2.65. The van der Waals surface area contributed by atoms with Crippen molar-refractivity contribution in [2.75, 3.05) is 13.2 Å². The molecule has 0 aliphatic carbocycles. The second-order valence-corrected chi connectivity index (χ2v) is 4.72. The maximum atomic E-state index is 11.8. The van der Waals surface area contributed by atoms with Crippen LogP contribution in [-0.4, -0.2) is 25.2 Å². The Morgan fingerprint density at radius 1 is 0.708 bits per heavy atom. The quantitative estimate of drug-likeness (QED) is 0.483. The summed E-state index contributed by atoms with van der Waals surface area (Å²) < 4.78 is 10.1. The summed E-state index contributed by atoms with van der Waals surface area (Å²) >= 11 is 0. The van der Waals surface area contributed by atoms with Crippen molar-refractivity contribution in [2.45, 2.75) is 0 Å². The molecule has 0 bridgehead atoms. The normalized spacial score (nSPS) is 9.42. The van der Waals surface area contributed by atoms with Crippen molar-refractivity contribution in [2.24, 2.45) is 0 Å². The Hall–Kier alpha value is -3.50. The van der Waals surface area contributed by atoms with Crippen LogP contribution in [-0.2, 0) is 9.47 Å². The van der Waals surface area contributed by atoms with Crippen LogP contribution in [0.15, 0.2) is 48.5 Å². The molecule has 4 heteroatoms. The maximum absolute atomic E-state index is 11.8. The zero-order valence-corrected chi connectivity index (χ0v) is 12.8. The van der Waals surface area contributed by atoms with E-state index in [2.05, 4.69) is 11.8 Å². The molecule has 118 valence electrons. The van der Waals surface area contributed by atoms with Gasteiger partial charge in [-0.25, -0.2) is 9.59 Å². The molecule has 0 heterocycles. The van der Waals surface area contributed by atoms with Crippen molar-refractivity contribution in [3.63, 3.8) is 0 Å². The average molecular weight is 318 g/mol. The molecule has 0 saturated heterocycles. The lowest BCUT2D eigenvalue weighted by molar-refractivity contribution is 0.0265. The minimum atomic E-state index is -0.506. The molecule has 0 atom stereocenters. The van der Waals surface area contributed by atoms with Crippen LogP contribution in [0.3, 0.4) is 0 Å². The van der Waals surface area contributed by atoms with E-state index in [4.69, 9.17) is 22.3 Å². The fourth-order valence-corrected chi connectivity index (χ4v) is 1.84. The van der Waals surface area contributed by atoms with E-state index in [9.17, 15) is 9.59 Å². The largest absolute Gasteiger partial charge is 0.458 e. The molecule has 2 aromatic carbocycles. The van der Waals surface area contributed by atoms with Gasteiger partial charge in [0.2, 0.25) is 0 Å². The molecule has 0 N–H and O–H groups in total. The molecule has 2 aromatic rings. The van der Waals surface area contributed by atoms with Crippen LogP contribution in [0.2, 0.25) is 0 Å². The standard InChI is InChI=1S/C20H14O4/c1-3-15-5-9-17(10-6-15)19(21)23-13-14-24-20(22)18-11-7-16(4-2)8-12-18/h1-2,5-12H,13-14H2. The first-order chi connectivity index (χ1) is 11.6. The van der Waals surface area contributed by atoms with Gasteiger partial charge in [0.05, 0.1) is 11.1 Å². The maximum Gasteiger partial charge on any atom is 0.338 e. The van der Waals surface area contributed by atoms with Crippen molar-refractivity contribution in [3.8, 4) is 24.7 Å². The first-order valence-electron chi connectivity index (χ1n) is 7.11. The lowest BCUT2D eigenvalue weighted by Gasteiger charge is -2.07. The number of carbonyl (C=O) groups excluding carboxylic acids is 2. The fourth-order valence-electron chi connectivity index (χ4n) is 1.84. The Kier molecular flexibility index (Phi) is 5.77. The van der Waals surface area contributed by atoms with Gasteiger partial charge in [-0.2, -0.15) is 0 Å². The van der Waals surface area contributed by atoms with Crippen LogP contribution in [0, 0.1) is 24.7 Å². The Balaban J connectivity index is 1.77. The zero-order valence-electron chi connectivity index (χ0n) is 12.8. The van der Waals surface area contributed by atoms with Gasteiger partial charge in [0.15, 0.2) is 0 Å². The summed E-state index contributed by atoms with van der Waals surface area (Å²) in [5.74, 6) is 3.91. The number of hydrogen-bond donors (Lipinski definition) is 0. The molecular weight excluding hydrogens is 304 g/mol. The summed E-state index contributed by atoms with van der Waals surface area (Å²) in [6, 6.07) is 12.9. The number of benzene rings is 2. The van der Waals surface area contributed by atoms with Gasteiger partial charge < -0.3 is 9.47 Å². The Morgan fingerprint density at radius 2 is 1.04 bits per heavy atom. The zero-order chi connectivity index (χ0) is 17.4. The van der Waals surface area contributed by atoms with Crippen molar-refractivity contribution in [1.82, 2.24) is 0 Å². The van der Waals surface area contributed by atoms with Gasteiger partial charge in [-0.05, 0) is 48.5 Å². The molecule has 2 rings (SSSR count). The highest BCUT2D eigenvalue weighted by Gasteiger charge is 2.09. The predicted molar refractivity (Wildman–Crippen MR) is 89.3 cm³/mol. The van der Waals surface area contributed by atoms with E-state index in [0.29, 0.717) is 22.3 Å². The first kappa shape index (κ1) is 16.9. The van der Waals surface area contributed by atoms with E-state index in [1.165, 1.54) is 0 Å². The molecule has 24 heavy (non-hydrogen) atoms. The second kappa shape index (κ2) is 8.22. The third-order valence-corrected chi connectivity index (χ3v) is 3.12. The summed E-state index contributed by atoms with van der Waals surface area (Å²) in [5, 5.41) is 0. The minimum absolute atomic E-state index is 0.0378. The third-order valence-electron chi connectivity index (χ3n) is 3.12. The molecule has 0 aromatic heterocycles. The second-order valence-electron chi connectivity index (χ2n) is 4.72. The van der Waals surface area contributed by atoms with Crippen molar-refractivity contribution >= 4 is 11.9 Å². The number of hydrogen-bond acceptors (Lipinski definition) is 4. The minimum Gasteiger partial charge on any atom is -0.458 e. The van der Waals surface area contributed by atoms with Gasteiger partial charge in [0.25, 0.3) is 0 Å². The summed E-state index contributed by atoms with van der Waals surface area (Å²) in [4.78, 5) is 23.6. The molecule has 0 amide bonds. The first-order valence-corrected chi connectivity index (χ1v) is 7.11. The fraction of sp³-hybridized carbons (Fsp3) is 0.100. The van der Waals surface area contributed by atoms with E-state index < -0.39 is 11.9 Å². The molecule has 0 unspecified atom stereocenters. The SMILES string of the molecule is C#Cc1ccc(C(=O)OCCOC(=O)c2ccc(C#C)cc2)cc1. The van der Waals surface area contributed by atoms with Gasteiger partial charge in [-0.15, -0.1) is 12.8 Å². The lowest BCUT2D eigenvalue weighted by Crippen LogP contribution is -2.14. The summed E-state index contributed by atoms with van der Waals surface area (Å²) in [6.07, 6.45) is 10.5. The predicted octanol–water partition coefficient (Wildman–Crippen LogP) is 2.66. The van der Waals surface area contributed by atoms with Crippen molar-refractivity contribution in [3.05, 3.63) is 70.8 Å². The topological polar surface area (TPSA) is 52.6 Å². The van der Waals surface area contributed by atoms with E-state index in [0.717, 1.165) is 0 Å². The summed E-state index contributed by atoms with van der Waals surface area (Å²) in [6.45, 7) is -0.0756. The summed E-state index contributed by atoms with van der Waals surface area (Å²) in [7, 11) is 0. The highest BCUT2D eigenvalue weighted by atomic mass is 16.6. The number of carbonyl (C=O) groups is 2. The molecule has 0 spiro atoms. The smallest absolute Gasteiger partial charge is 0.338 e. The molecule has 0 saturated carbocycles. The highest BCUT2D eigenvalue weighted by molar-refractivity contribution is 5.90. The van der Waals surface area contributed by atoms with Crippen LogP contribution >= 0.6 is 0 Å². The lowest BCUT2D eigenvalue weighted by atomic mass is 10.1. The third kappa shape index (κ3) is 4.50. The molecule has 0 radical (unpaired) electrons. The number of rotatable bonds is 5. The molecular formula is C20H14O4. The van der Waals surface area contributed by atoms with Crippen LogP contribution in [0.25, 0.3) is 0 Å². The molecule has 0 aliphatic heterocycles. The van der Waals surface area contributed by atoms with Crippen LogP contribution < -0.4 is 0 Å². The van der Waals surface area contributed by atoms with Gasteiger partial charge in [-0.3, -0.25) is 0 Å². The van der Waals surface area contributed by atoms with Crippen molar-refractivity contribution in [1.29, 1.82) is 0 Å². The number of ether oxygens (including phenoxy) is 2. The molecule has 0 aliphatic rings. The van der Waals surface area contributed by atoms with E-state index in [1.54, 1.807) is 48.5 Å². The van der Waals surface area contributed by atoms with Gasteiger partial charge >= 0.3 is 11.9 Å². The monoisotopic (exact) mass is 318 g/mol.